The highest BCUT2D eigenvalue weighted by molar-refractivity contribution is 5.79. The van der Waals surface area contributed by atoms with E-state index in [9.17, 15) is 14.7 Å². The molecule has 1 aliphatic carbocycles. The molecule has 1 fully saturated rings. The molecular formula is C23H43F2N3O3. The number of halogens is 2. The van der Waals surface area contributed by atoms with E-state index in [0.29, 0.717) is 19.3 Å². The molecule has 31 heavy (non-hydrogen) atoms. The quantitative estimate of drug-likeness (QED) is 0.336. The average Bonchev–Trinajstić information content (AvgIpc) is 2.73. The number of rotatable bonds is 12. The molecule has 0 saturated heterocycles. The van der Waals surface area contributed by atoms with Gasteiger partial charge in [0, 0.05) is 18.9 Å². The summed E-state index contributed by atoms with van der Waals surface area (Å²) < 4.78 is 30.7. The van der Waals surface area contributed by atoms with Crippen molar-refractivity contribution in [2.75, 3.05) is 0 Å². The third-order valence-electron chi connectivity index (χ3n) is 6.40. The second kappa shape index (κ2) is 12.7. The lowest BCUT2D eigenvalue weighted by Gasteiger charge is -2.44. The van der Waals surface area contributed by atoms with Crippen LogP contribution in [-0.2, 0) is 9.59 Å². The monoisotopic (exact) mass is 447 g/mol. The largest absolute Gasteiger partial charge is 0.387 e. The lowest BCUT2D eigenvalue weighted by molar-refractivity contribution is -0.251. The molecule has 8 heteroatoms. The van der Waals surface area contributed by atoms with Crippen molar-refractivity contribution >= 4 is 11.8 Å². The van der Waals surface area contributed by atoms with Crippen LogP contribution in [0.5, 0.6) is 0 Å². The Morgan fingerprint density at radius 3 is 1.77 bits per heavy atom. The molecule has 0 radical (unpaired) electrons. The van der Waals surface area contributed by atoms with Gasteiger partial charge in [0.25, 0.3) is 11.8 Å². The molecule has 1 saturated carbocycles. The second-order valence-corrected chi connectivity index (χ2v) is 10.2. The second-order valence-electron chi connectivity index (χ2n) is 10.2. The van der Waals surface area contributed by atoms with Crippen LogP contribution in [0.15, 0.2) is 0 Å². The third-order valence-corrected chi connectivity index (χ3v) is 6.40. The van der Waals surface area contributed by atoms with E-state index in [4.69, 9.17) is 5.73 Å². The fraction of sp³-hybridized carbons (Fsp3) is 0.913. The first-order chi connectivity index (χ1) is 14.4. The predicted octanol–water partition coefficient (Wildman–Crippen LogP) is 4.66. The predicted molar refractivity (Wildman–Crippen MR) is 118 cm³/mol. The van der Waals surface area contributed by atoms with Crippen LogP contribution in [0.1, 0.15) is 98.8 Å². The minimum absolute atomic E-state index is 0.149. The average molecular weight is 448 g/mol. The minimum atomic E-state index is -2.52. The molecule has 0 spiro atoms. The van der Waals surface area contributed by atoms with Gasteiger partial charge in [-0.05, 0) is 43.9 Å². The Balaban J connectivity index is 3.08. The SMILES string of the molecule is CC(C)CCC(=O)N(F)C(C)(C(O)C(N)CC1CCCCC1)N(F)C(=O)CCC(C)C. The van der Waals surface area contributed by atoms with Gasteiger partial charge in [-0.25, -0.2) is 0 Å². The molecule has 0 aromatic carbocycles. The Morgan fingerprint density at radius 2 is 1.39 bits per heavy atom. The lowest BCUT2D eigenvalue weighted by Crippen LogP contribution is -2.67. The maximum absolute atomic E-state index is 15.3. The first kappa shape index (κ1) is 27.8. The summed E-state index contributed by atoms with van der Waals surface area (Å²) in [6.45, 7) is 8.60. The first-order valence-electron chi connectivity index (χ1n) is 11.8. The van der Waals surface area contributed by atoms with Gasteiger partial charge in [-0.2, -0.15) is 0 Å². The molecule has 182 valence electrons. The summed E-state index contributed by atoms with van der Waals surface area (Å²) in [5.74, 6) is -1.39. The topological polar surface area (TPSA) is 86.9 Å². The van der Waals surface area contributed by atoms with Crippen molar-refractivity contribution in [2.45, 2.75) is 117 Å². The van der Waals surface area contributed by atoms with Gasteiger partial charge in [0.1, 0.15) is 6.10 Å². The molecule has 2 unspecified atom stereocenters. The number of aliphatic hydroxyl groups excluding tert-OH is 1. The zero-order chi connectivity index (χ0) is 23.8. The molecule has 2 atom stereocenters. The van der Waals surface area contributed by atoms with Crippen LogP contribution < -0.4 is 5.73 Å². The molecule has 0 aromatic heterocycles. The maximum atomic E-state index is 15.3. The van der Waals surface area contributed by atoms with Crippen LogP contribution in [0.2, 0.25) is 0 Å². The third kappa shape index (κ3) is 7.97. The van der Waals surface area contributed by atoms with Crippen LogP contribution in [-0.4, -0.2) is 45.0 Å². The molecular weight excluding hydrogens is 404 g/mol. The summed E-state index contributed by atoms with van der Waals surface area (Å²) in [6, 6.07) is -0.972. The summed E-state index contributed by atoms with van der Waals surface area (Å²) in [4.78, 5) is 25.0. The van der Waals surface area contributed by atoms with Gasteiger partial charge in [-0.15, -0.1) is 10.2 Å². The normalized spacial score (nSPS) is 17.6. The number of carbonyl (C=O) groups excluding carboxylic acids is 2. The summed E-state index contributed by atoms with van der Waals surface area (Å²) in [6.07, 6.45) is 4.33. The summed E-state index contributed by atoms with van der Waals surface area (Å²) in [5.41, 5.74) is 3.68. The Kier molecular flexibility index (Phi) is 11.4. The van der Waals surface area contributed by atoms with E-state index in [2.05, 4.69) is 0 Å². The maximum Gasteiger partial charge on any atom is 0.252 e. The fourth-order valence-electron chi connectivity index (χ4n) is 4.18. The standard InChI is InChI=1S/C23H43F2N3O3/c1-16(2)11-13-20(29)27(24)23(5,28(25)21(30)14-12-17(3)4)22(31)19(26)15-18-9-7-6-8-10-18/h16-19,22,31H,6-15,26H2,1-5H3. The van der Waals surface area contributed by atoms with Crippen molar-refractivity contribution in [2.24, 2.45) is 23.5 Å². The van der Waals surface area contributed by atoms with E-state index in [0.717, 1.165) is 39.0 Å². The van der Waals surface area contributed by atoms with Gasteiger partial charge in [0.15, 0.2) is 0 Å². The molecule has 3 N–H and O–H groups in total. The Hall–Kier alpha value is -1.28. The summed E-state index contributed by atoms with van der Waals surface area (Å²) in [7, 11) is 0. The molecule has 0 heterocycles. The van der Waals surface area contributed by atoms with Crippen molar-refractivity contribution in [1.82, 2.24) is 10.2 Å². The Bertz CT molecular complexity index is 538. The van der Waals surface area contributed by atoms with Gasteiger partial charge in [0.2, 0.25) is 5.66 Å². The number of hydrogen-bond acceptors (Lipinski definition) is 4. The zero-order valence-electron chi connectivity index (χ0n) is 19.9. The van der Waals surface area contributed by atoms with E-state index in [1.165, 1.54) is 0 Å². The molecule has 0 bridgehead atoms. The van der Waals surface area contributed by atoms with E-state index in [-0.39, 0.29) is 40.8 Å². The molecule has 0 aromatic rings. The minimum Gasteiger partial charge on any atom is -0.387 e. The number of nitrogens with zero attached hydrogens (tertiary/aromatic N) is 2. The van der Waals surface area contributed by atoms with Gasteiger partial charge in [0.05, 0.1) is 0 Å². The van der Waals surface area contributed by atoms with Gasteiger partial charge >= 0.3 is 0 Å². The zero-order valence-corrected chi connectivity index (χ0v) is 19.9. The van der Waals surface area contributed by atoms with Crippen LogP contribution in [0, 0.1) is 17.8 Å². The number of carbonyl (C=O) groups is 2. The Labute approximate surface area is 186 Å². The highest BCUT2D eigenvalue weighted by Crippen LogP contribution is 2.34. The van der Waals surface area contributed by atoms with Crippen molar-refractivity contribution < 1.29 is 23.7 Å². The molecule has 0 aliphatic heterocycles. The van der Waals surface area contributed by atoms with Crippen LogP contribution in [0.25, 0.3) is 0 Å². The van der Waals surface area contributed by atoms with Crippen molar-refractivity contribution in [3.05, 3.63) is 0 Å². The molecule has 1 rings (SSSR count). The van der Waals surface area contributed by atoms with E-state index in [1.54, 1.807) is 0 Å². The molecule has 1 aliphatic rings. The highest BCUT2D eigenvalue weighted by Gasteiger charge is 2.53. The van der Waals surface area contributed by atoms with Crippen LogP contribution >= 0.6 is 0 Å². The number of aliphatic hydroxyl groups is 1. The van der Waals surface area contributed by atoms with Gasteiger partial charge in [-0.3, -0.25) is 9.59 Å². The van der Waals surface area contributed by atoms with Crippen molar-refractivity contribution in [3.63, 3.8) is 0 Å². The molecule has 2 amide bonds. The number of amides is 2. The summed E-state index contributed by atoms with van der Waals surface area (Å²) >= 11 is 0. The lowest BCUT2D eigenvalue weighted by atomic mass is 9.82. The molecule has 6 nitrogen and oxygen atoms in total. The van der Waals surface area contributed by atoms with E-state index >= 15 is 8.96 Å². The smallest absolute Gasteiger partial charge is 0.252 e. The van der Waals surface area contributed by atoms with Crippen LogP contribution in [0.3, 0.4) is 0 Å². The van der Waals surface area contributed by atoms with E-state index in [1.807, 2.05) is 27.7 Å². The van der Waals surface area contributed by atoms with Gasteiger partial charge in [-0.1, -0.05) is 68.8 Å². The Morgan fingerprint density at radius 1 is 0.968 bits per heavy atom. The number of nitrogens with two attached hydrogens (primary N) is 1. The number of hydrogen-bond donors (Lipinski definition) is 2. The highest BCUT2D eigenvalue weighted by atomic mass is 19.2. The summed E-state index contributed by atoms with van der Waals surface area (Å²) in [5, 5.41) is 10.3. The first-order valence-corrected chi connectivity index (χ1v) is 11.8. The van der Waals surface area contributed by atoms with Crippen molar-refractivity contribution in [3.8, 4) is 0 Å². The van der Waals surface area contributed by atoms with Crippen LogP contribution in [0.4, 0.5) is 8.96 Å². The van der Waals surface area contributed by atoms with E-state index < -0.39 is 29.6 Å². The fourth-order valence-corrected chi connectivity index (χ4v) is 4.18. The van der Waals surface area contributed by atoms with Gasteiger partial charge < -0.3 is 10.8 Å². The van der Waals surface area contributed by atoms with Crippen molar-refractivity contribution in [1.29, 1.82) is 0 Å².